The monoisotopic (exact) mass is 208 g/mol. The van der Waals surface area contributed by atoms with E-state index in [2.05, 4.69) is 16.1 Å². The zero-order chi connectivity index (χ0) is 10.8. The van der Waals surface area contributed by atoms with Crippen molar-refractivity contribution in [3.05, 3.63) is 17.5 Å². The number of aryl methyl sites for hydroxylation is 2. The Morgan fingerprint density at radius 3 is 3.00 bits per heavy atom. The second kappa shape index (κ2) is 4.33. The fourth-order valence-electron chi connectivity index (χ4n) is 2.54. The minimum absolute atomic E-state index is 0.528. The van der Waals surface area contributed by atoms with Crippen molar-refractivity contribution in [2.75, 3.05) is 19.6 Å². The van der Waals surface area contributed by atoms with Crippen LogP contribution in [0.4, 0.5) is 0 Å². The molecule has 15 heavy (non-hydrogen) atoms. The van der Waals surface area contributed by atoms with Crippen LogP contribution in [-0.2, 0) is 7.05 Å². The number of hydrogen-bond acceptors (Lipinski definition) is 3. The van der Waals surface area contributed by atoms with Gasteiger partial charge in [0.15, 0.2) is 0 Å². The molecule has 2 rings (SSSR count). The lowest BCUT2D eigenvalue weighted by atomic mass is 10.1. The molecule has 0 amide bonds. The molecule has 1 saturated heterocycles. The highest BCUT2D eigenvalue weighted by atomic mass is 15.3. The Bertz CT molecular complexity index is 331. The average molecular weight is 208 g/mol. The molecule has 0 bridgehead atoms. The summed E-state index contributed by atoms with van der Waals surface area (Å²) < 4.78 is 2.01. The molecular formula is C11H20N4. The van der Waals surface area contributed by atoms with E-state index in [1.54, 1.807) is 0 Å². The lowest BCUT2D eigenvalue weighted by Crippen LogP contribution is -2.30. The summed E-state index contributed by atoms with van der Waals surface area (Å²) in [4.78, 5) is 2.47. The number of rotatable bonds is 3. The van der Waals surface area contributed by atoms with Crippen LogP contribution in [-0.4, -0.2) is 34.3 Å². The summed E-state index contributed by atoms with van der Waals surface area (Å²) in [6.45, 7) is 4.96. The molecule has 2 heterocycles. The lowest BCUT2D eigenvalue weighted by Gasteiger charge is -2.23. The van der Waals surface area contributed by atoms with Gasteiger partial charge in [-0.25, -0.2) is 0 Å². The molecule has 0 aromatic carbocycles. The van der Waals surface area contributed by atoms with Crippen LogP contribution in [0.25, 0.3) is 0 Å². The van der Waals surface area contributed by atoms with Crippen LogP contribution in [0, 0.1) is 6.92 Å². The maximum atomic E-state index is 5.63. The second-order valence-electron chi connectivity index (χ2n) is 4.32. The van der Waals surface area contributed by atoms with Crippen molar-refractivity contribution in [3.8, 4) is 0 Å². The molecule has 4 heteroatoms. The standard InChI is InChI=1S/C11H20N4/c1-9-8-11(14(2)13-9)10-4-3-6-15(10)7-5-12/h8,10H,3-7,12H2,1-2H3/t10-/m0/s1. The van der Waals surface area contributed by atoms with Gasteiger partial charge in [0, 0.05) is 20.1 Å². The van der Waals surface area contributed by atoms with Crippen molar-refractivity contribution in [2.45, 2.75) is 25.8 Å². The molecule has 1 aromatic heterocycles. The molecule has 2 N–H and O–H groups in total. The number of nitrogens with zero attached hydrogens (tertiary/aromatic N) is 3. The molecule has 84 valence electrons. The highest BCUT2D eigenvalue weighted by Crippen LogP contribution is 2.31. The molecule has 1 fully saturated rings. The summed E-state index contributed by atoms with van der Waals surface area (Å²) >= 11 is 0. The summed E-state index contributed by atoms with van der Waals surface area (Å²) in [5.41, 5.74) is 8.06. The third-order valence-corrected chi connectivity index (χ3v) is 3.16. The first-order valence-corrected chi connectivity index (χ1v) is 5.67. The van der Waals surface area contributed by atoms with Crippen molar-refractivity contribution in [1.82, 2.24) is 14.7 Å². The third-order valence-electron chi connectivity index (χ3n) is 3.16. The third kappa shape index (κ3) is 2.06. The lowest BCUT2D eigenvalue weighted by molar-refractivity contribution is 0.255. The largest absolute Gasteiger partial charge is 0.329 e. The predicted molar refractivity (Wildman–Crippen MR) is 60.5 cm³/mol. The Morgan fingerprint density at radius 1 is 1.60 bits per heavy atom. The minimum Gasteiger partial charge on any atom is -0.329 e. The maximum Gasteiger partial charge on any atom is 0.0597 e. The van der Waals surface area contributed by atoms with Gasteiger partial charge in [-0.1, -0.05) is 0 Å². The van der Waals surface area contributed by atoms with Crippen molar-refractivity contribution >= 4 is 0 Å². The predicted octanol–water partition coefficient (Wildman–Crippen LogP) is 0.824. The Balaban J connectivity index is 2.18. The molecule has 1 aliphatic rings. The number of aromatic nitrogens is 2. The van der Waals surface area contributed by atoms with Crippen LogP contribution in [0.1, 0.15) is 30.3 Å². The summed E-state index contributed by atoms with van der Waals surface area (Å²) in [6, 6.07) is 2.72. The topological polar surface area (TPSA) is 47.1 Å². The maximum absolute atomic E-state index is 5.63. The highest BCUT2D eigenvalue weighted by molar-refractivity contribution is 5.14. The second-order valence-corrected chi connectivity index (χ2v) is 4.32. The van der Waals surface area contributed by atoms with E-state index in [9.17, 15) is 0 Å². The van der Waals surface area contributed by atoms with Crippen molar-refractivity contribution in [2.24, 2.45) is 12.8 Å². The van der Waals surface area contributed by atoms with E-state index in [1.165, 1.54) is 25.1 Å². The Kier molecular flexibility index (Phi) is 3.07. The van der Waals surface area contributed by atoms with E-state index in [1.807, 2.05) is 18.7 Å². The van der Waals surface area contributed by atoms with Crippen molar-refractivity contribution in [1.29, 1.82) is 0 Å². The smallest absolute Gasteiger partial charge is 0.0597 e. The highest BCUT2D eigenvalue weighted by Gasteiger charge is 2.27. The van der Waals surface area contributed by atoms with E-state index in [0.717, 1.165) is 18.8 Å². The van der Waals surface area contributed by atoms with Crippen molar-refractivity contribution in [3.63, 3.8) is 0 Å². The quantitative estimate of drug-likeness (QED) is 0.800. The SMILES string of the molecule is Cc1cc([C@@H]2CCCN2CCN)n(C)n1. The molecule has 0 unspecified atom stereocenters. The first kappa shape index (κ1) is 10.6. The van der Waals surface area contributed by atoms with Gasteiger partial charge in [-0.05, 0) is 32.4 Å². The van der Waals surface area contributed by atoms with Gasteiger partial charge >= 0.3 is 0 Å². The van der Waals surface area contributed by atoms with Crippen LogP contribution in [0.2, 0.25) is 0 Å². The normalized spacial score (nSPS) is 22.5. The van der Waals surface area contributed by atoms with Crippen LogP contribution in [0.15, 0.2) is 6.07 Å². The van der Waals surface area contributed by atoms with E-state index < -0.39 is 0 Å². The molecule has 0 saturated carbocycles. The van der Waals surface area contributed by atoms with Crippen LogP contribution < -0.4 is 5.73 Å². The molecule has 1 atom stereocenters. The van der Waals surface area contributed by atoms with E-state index in [4.69, 9.17) is 5.73 Å². The summed E-state index contributed by atoms with van der Waals surface area (Å²) in [6.07, 6.45) is 2.51. The van der Waals surface area contributed by atoms with E-state index >= 15 is 0 Å². The Hall–Kier alpha value is -0.870. The average Bonchev–Trinajstić information content (AvgIpc) is 2.73. The van der Waals surface area contributed by atoms with Crippen LogP contribution >= 0.6 is 0 Å². The first-order chi connectivity index (χ1) is 7.22. The molecule has 0 radical (unpaired) electrons. The van der Waals surface area contributed by atoms with E-state index in [-0.39, 0.29) is 0 Å². The number of hydrogen-bond donors (Lipinski definition) is 1. The van der Waals surface area contributed by atoms with Crippen molar-refractivity contribution < 1.29 is 0 Å². The zero-order valence-electron chi connectivity index (χ0n) is 9.61. The minimum atomic E-state index is 0.528. The molecular weight excluding hydrogens is 188 g/mol. The Labute approximate surface area is 91.1 Å². The van der Waals surface area contributed by atoms with Gasteiger partial charge in [-0.15, -0.1) is 0 Å². The summed E-state index contributed by atoms with van der Waals surface area (Å²) in [7, 11) is 2.03. The molecule has 4 nitrogen and oxygen atoms in total. The zero-order valence-corrected chi connectivity index (χ0v) is 9.61. The number of nitrogens with two attached hydrogens (primary N) is 1. The first-order valence-electron chi connectivity index (χ1n) is 5.67. The fourth-order valence-corrected chi connectivity index (χ4v) is 2.54. The molecule has 0 spiro atoms. The van der Waals surface area contributed by atoms with Gasteiger partial charge in [0.25, 0.3) is 0 Å². The van der Waals surface area contributed by atoms with Gasteiger partial charge in [0.1, 0.15) is 0 Å². The molecule has 1 aliphatic heterocycles. The van der Waals surface area contributed by atoms with Gasteiger partial charge in [-0.3, -0.25) is 9.58 Å². The van der Waals surface area contributed by atoms with Gasteiger partial charge in [-0.2, -0.15) is 5.10 Å². The van der Waals surface area contributed by atoms with Gasteiger partial charge in [0.05, 0.1) is 17.4 Å². The van der Waals surface area contributed by atoms with E-state index in [0.29, 0.717) is 6.04 Å². The van der Waals surface area contributed by atoms with Gasteiger partial charge < -0.3 is 5.73 Å². The van der Waals surface area contributed by atoms with Gasteiger partial charge in [0.2, 0.25) is 0 Å². The number of likely N-dealkylation sites (tertiary alicyclic amines) is 1. The van der Waals surface area contributed by atoms with Crippen LogP contribution in [0.5, 0.6) is 0 Å². The Morgan fingerprint density at radius 2 is 2.40 bits per heavy atom. The summed E-state index contributed by atoms with van der Waals surface area (Å²) in [5.74, 6) is 0. The molecule has 1 aromatic rings. The summed E-state index contributed by atoms with van der Waals surface area (Å²) in [5, 5.41) is 4.41. The van der Waals surface area contributed by atoms with Crippen LogP contribution in [0.3, 0.4) is 0 Å². The fraction of sp³-hybridized carbons (Fsp3) is 0.727. The molecule has 0 aliphatic carbocycles.